The minimum Gasteiger partial charge on any atom is -0.496 e. The summed E-state index contributed by atoms with van der Waals surface area (Å²) >= 11 is 0. The van der Waals surface area contributed by atoms with Crippen molar-refractivity contribution in [3.8, 4) is 5.75 Å². The molecular formula is C25H33N3O4S. The smallest absolute Gasteiger partial charge is 0.255 e. The molecule has 0 radical (unpaired) electrons. The number of rotatable bonds is 8. The first kappa shape index (κ1) is 24.9. The number of carbonyl (C=O) groups excluding carboxylic acids is 1. The van der Waals surface area contributed by atoms with E-state index in [4.69, 9.17) is 4.74 Å². The van der Waals surface area contributed by atoms with Gasteiger partial charge in [0.1, 0.15) is 5.75 Å². The van der Waals surface area contributed by atoms with Crippen molar-refractivity contribution in [2.24, 2.45) is 5.10 Å². The number of benzene rings is 2. The van der Waals surface area contributed by atoms with Gasteiger partial charge in [0.25, 0.3) is 5.91 Å². The van der Waals surface area contributed by atoms with E-state index in [2.05, 4.69) is 10.5 Å². The Bertz CT molecular complexity index is 1100. The normalized spacial score (nSPS) is 15.2. The molecular weight excluding hydrogens is 438 g/mol. The average molecular weight is 472 g/mol. The summed E-state index contributed by atoms with van der Waals surface area (Å²) in [6.07, 6.45) is 5.99. The highest BCUT2D eigenvalue weighted by molar-refractivity contribution is 7.89. The molecule has 0 bridgehead atoms. The molecule has 1 amide bonds. The third-order valence-corrected chi connectivity index (χ3v) is 8.19. The maximum Gasteiger partial charge on any atom is 0.255 e. The van der Waals surface area contributed by atoms with Crippen LogP contribution < -0.4 is 10.2 Å². The van der Waals surface area contributed by atoms with E-state index in [0.29, 0.717) is 27.3 Å². The van der Waals surface area contributed by atoms with Gasteiger partial charge in [0.2, 0.25) is 10.0 Å². The lowest BCUT2D eigenvalue weighted by Gasteiger charge is -2.33. The molecule has 2 aromatic carbocycles. The molecule has 0 atom stereocenters. The van der Waals surface area contributed by atoms with Crippen LogP contribution in [0.1, 0.15) is 54.4 Å². The highest BCUT2D eigenvalue weighted by atomic mass is 32.2. The van der Waals surface area contributed by atoms with Gasteiger partial charge in [-0.3, -0.25) is 4.79 Å². The van der Waals surface area contributed by atoms with Crippen LogP contribution in [0.25, 0.3) is 0 Å². The van der Waals surface area contributed by atoms with Crippen LogP contribution in [0, 0.1) is 20.8 Å². The van der Waals surface area contributed by atoms with Gasteiger partial charge in [-0.15, -0.1) is 0 Å². The van der Waals surface area contributed by atoms with Crippen LogP contribution >= 0.6 is 0 Å². The Kier molecular flexibility index (Phi) is 8.26. The Balaban J connectivity index is 1.84. The Labute approximate surface area is 196 Å². The minimum absolute atomic E-state index is 0.201. The van der Waals surface area contributed by atoms with Gasteiger partial charge < -0.3 is 4.74 Å². The monoisotopic (exact) mass is 471 g/mol. The molecule has 33 heavy (non-hydrogen) atoms. The molecule has 8 heteroatoms. The van der Waals surface area contributed by atoms with E-state index < -0.39 is 15.9 Å². The zero-order valence-electron chi connectivity index (χ0n) is 19.8. The summed E-state index contributed by atoms with van der Waals surface area (Å²) in [5, 5.41) is 4.02. The van der Waals surface area contributed by atoms with Gasteiger partial charge in [-0.1, -0.05) is 49.1 Å². The Morgan fingerprint density at radius 3 is 2.39 bits per heavy atom. The number of nitrogens with zero attached hydrogens (tertiary/aromatic N) is 2. The van der Waals surface area contributed by atoms with E-state index in [1.807, 2.05) is 51.1 Å². The molecule has 1 fully saturated rings. The molecule has 1 saturated carbocycles. The highest BCUT2D eigenvalue weighted by Crippen LogP contribution is 2.31. The third-order valence-electron chi connectivity index (χ3n) is 5.98. The molecule has 0 spiro atoms. The van der Waals surface area contributed by atoms with E-state index >= 15 is 0 Å². The summed E-state index contributed by atoms with van der Waals surface area (Å²) in [6.45, 7) is 5.29. The first-order valence-corrected chi connectivity index (χ1v) is 12.7. The zero-order valence-corrected chi connectivity index (χ0v) is 20.6. The number of aryl methyl sites for hydroxylation is 3. The summed E-state index contributed by atoms with van der Waals surface area (Å²) in [5.74, 6) is 0.157. The maximum atomic E-state index is 13.8. The second kappa shape index (κ2) is 10.9. The summed E-state index contributed by atoms with van der Waals surface area (Å²) in [4.78, 5) is 13.1. The average Bonchev–Trinajstić information content (AvgIpc) is 2.77. The molecule has 0 saturated heterocycles. The van der Waals surface area contributed by atoms with E-state index in [1.165, 1.54) is 10.5 Å². The number of hydrogen-bond donors (Lipinski definition) is 1. The van der Waals surface area contributed by atoms with E-state index in [-0.39, 0.29) is 12.6 Å². The molecule has 178 valence electrons. The van der Waals surface area contributed by atoms with Crippen molar-refractivity contribution >= 4 is 22.1 Å². The fourth-order valence-electron chi connectivity index (χ4n) is 4.59. The van der Waals surface area contributed by atoms with Gasteiger partial charge >= 0.3 is 0 Å². The van der Waals surface area contributed by atoms with Crippen LogP contribution in [-0.2, 0) is 14.8 Å². The number of methoxy groups -OCH3 is 1. The van der Waals surface area contributed by atoms with Crippen LogP contribution in [0.2, 0.25) is 0 Å². The summed E-state index contributed by atoms with van der Waals surface area (Å²) in [6, 6.07) is 10.8. The number of nitrogens with one attached hydrogen (secondary N) is 1. The fourth-order valence-corrected chi connectivity index (χ4v) is 6.65. The Morgan fingerprint density at radius 1 is 1.12 bits per heavy atom. The number of sulfonamides is 1. The predicted molar refractivity (Wildman–Crippen MR) is 130 cm³/mol. The molecule has 7 nitrogen and oxygen atoms in total. The predicted octanol–water partition coefficient (Wildman–Crippen LogP) is 4.09. The van der Waals surface area contributed by atoms with Crippen LogP contribution in [0.15, 0.2) is 46.4 Å². The fraction of sp³-hybridized carbons (Fsp3) is 0.440. The highest BCUT2D eigenvalue weighted by Gasteiger charge is 2.35. The largest absolute Gasteiger partial charge is 0.496 e. The van der Waals surface area contributed by atoms with Crippen molar-refractivity contribution in [3.05, 3.63) is 58.7 Å². The molecule has 0 aromatic heterocycles. The second-order valence-electron chi connectivity index (χ2n) is 8.61. The lowest BCUT2D eigenvalue weighted by atomic mass is 9.95. The number of hydrogen-bond acceptors (Lipinski definition) is 5. The summed E-state index contributed by atoms with van der Waals surface area (Å²) in [5.41, 5.74) is 5.60. The van der Waals surface area contributed by atoms with E-state index in [0.717, 1.165) is 37.7 Å². The number of para-hydroxylation sites is 1. The molecule has 1 aliphatic rings. The maximum absolute atomic E-state index is 13.8. The van der Waals surface area contributed by atoms with Crippen LogP contribution in [0.5, 0.6) is 5.75 Å². The third kappa shape index (κ3) is 6.00. The molecule has 2 aromatic rings. The minimum atomic E-state index is -3.86. The summed E-state index contributed by atoms with van der Waals surface area (Å²) in [7, 11) is -2.30. The molecule has 0 unspecified atom stereocenters. The van der Waals surface area contributed by atoms with Gasteiger partial charge in [0, 0.05) is 11.6 Å². The van der Waals surface area contributed by atoms with Gasteiger partial charge in [-0.25, -0.2) is 13.8 Å². The van der Waals surface area contributed by atoms with Crippen molar-refractivity contribution in [2.45, 2.75) is 63.8 Å². The number of carbonyl (C=O) groups is 1. The van der Waals surface area contributed by atoms with E-state index in [1.54, 1.807) is 13.2 Å². The summed E-state index contributed by atoms with van der Waals surface area (Å²) < 4.78 is 34.2. The zero-order chi connectivity index (χ0) is 24.0. The first-order chi connectivity index (χ1) is 15.7. The van der Waals surface area contributed by atoms with Crippen LogP contribution in [0.3, 0.4) is 0 Å². The number of amides is 1. The second-order valence-corrected chi connectivity index (χ2v) is 10.4. The van der Waals surface area contributed by atoms with Gasteiger partial charge in [0.05, 0.1) is 24.8 Å². The lowest BCUT2D eigenvalue weighted by molar-refractivity contribution is -0.121. The van der Waals surface area contributed by atoms with Gasteiger partial charge in [-0.05, 0) is 56.9 Å². The topological polar surface area (TPSA) is 88.1 Å². The first-order valence-electron chi connectivity index (χ1n) is 11.3. The molecule has 0 heterocycles. The number of hydrazone groups is 1. The van der Waals surface area contributed by atoms with Gasteiger partial charge in [0.15, 0.2) is 0 Å². The van der Waals surface area contributed by atoms with Crippen LogP contribution in [0.4, 0.5) is 0 Å². The van der Waals surface area contributed by atoms with Gasteiger partial charge in [-0.2, -0.15) is 9.41 Å². The van der Waals surface area contributed by atoms with Crippen molar-refractivity contribution in [2.75, 3.05) is 13.7 Å². The molecule has 3 rings (SSSR count). The standard InChI is InChI=1S/C25H33N3O4S/c1-18-14-19(2)25(20(3)15-18)33(30,31)28(22-11-6-5-7-12-22)17-24(29)27-26-16-21-10-8-9-13-23(21)32-4/h8-10,13-16,22H,5-7,11-12,17H2,1-4H3,(H,27,29)/b26-16+. The SMILES string of the molecule is COc1ccccc1/C=N/NC(=O)CN(C1CCCCC1)S(=O)(=O)c1c(C)cc(C)cc1C. The quantitative estimate of drug-likeness (QED) is 0.464. The van der Waals surface area contributed by atoms with Crippen molar-refractivity contribution in [3.63, 3.8) is 0 Å². The van der Waals surface area contributed by atoms with E-state index in [9.17, 15) is 13.2 Å². The molecule has 0 aliphatic heterocycles. The Hall–Kier alpha value is -2.71. The molecule has 1 aliphatic carbocycles. The Morgan fingerprint density at radius 2 is 1.76 bits per heavy atom. The lowest BCUT2D eigenvalue weighted by Crippen LogP contribution is -2.46. The van der Waals surface area contributed by atoms with Crippen LogP contribution in [-0.4, -0.2) is 44.5 Å². The van der Waals surface area contributed by atoms with Crippen molar-refractivity contribution in [1.29, 1.82) is 0 Å². The molecule has 1 N–H and O–H groups in total. The van der Waals surface area contributed by atoms with Crippen molar-refractivity contribution in [1.82, 2.24) is 9.73 Å². The van der Waals surface area contributed by atoms with Crippen molar-refractivity contribution < 1.29 is 17.9 Å². The number of ether oxygens (including phenoxy) is 1.